The number of benzene rings is 1. The van der Waals surface area contributed by atoms with Gasteiger partial charge in [0.15, 0.2) is 0 Å². The number of carbonyl (C=O) groups excluding carboxylic acids is 2. The van der Waals surface area contributed by atoms with E-state index >= 15 is 0 Å². The van der Waals surface area contributed by atoms with E-state index < -0.39 is 6.04 Å². The number of hydrogen-bond donors (Lipinski definition) is 3. The molecule has 0 aliphatic carbocycles. The molecule has 2 amide bonds. The first kappa shape index (κ1) is 15.2. The van der Waals surface area contributed by atoms with Crippen LogP contribution in [0.1, 0.15) is 27.2 Å². The van der Waals surface area contributed by atoms with Crippen LogP contribution in [0, 0.1) is 5.92 Å². The van der Waals surface area contributed by atoms with Crippen LogP contribution in [0.25, 0.3) is 0 Å². The van der Waals surface area contributed by atoms with Gasteiger partial charge in [0.25, 0.3) is 0 Å². The largest absolute Gasteiger partial charge is 0.326 e. The van der Waals surface area contributed by atoms with Crippen LogP contribution in [-0.4, -0.2) is 17.9 Å². The van der Waals surface area contributed by atoms with Gasteiger partial charge in [-0.15, -0.1) is 0 Å². The number of carbonyl (C=O) groups is 2. The molecular formula is C14H21N3O2. The van der Waals surface area contributed by atoms with Crippen LogP contribution in [-0.2, 0) is 9.59 Å². The van der Waals surface area contributed by atoms with Gasteiger partial charge in [0.1, 0.15) is 0 Å². The van der Waals surface area contributed by atoms with Crippen molar-refractivity contribution in [2.45, 2.75) is 33.2 Å². The third-order valence-corrected chi connectivity index (χ3v) is 3.01. The maximum Gasteiger partial charge on any atom is 0.241 e. The van der Waals surface area contributed by atoms with E-state index in [0.29, 0.717) is 11.4 Å². The molecule has 5 heteroatoms. The Hall–Kier alpha value is -1.88. The van der Waals surface area contributed by atoms with E-state index in [0.717, 1.165) is 6.42 Å². The highest BCUT2D eigenvalue weighted by Crippen LogP contribution is 2.16. The average Bonchev–Trinajstić information content (AvgIpc) is 2.36. The van der Waals surface area contributed by atoms with Gasteiger partial charge in [-0.1, -0.05) is 26.3 Å². The highest BCUT2D eigenvalue weighted by Gasteiger charge is 2.19. The highest BCUT2D eigenvalue weighted by atomic mass is 16.2. The number of amides is 2. The number of rotatable bonds is 5. The molecular weight excluding hydrogens is 242 g/mol. The predicted octanol–water partition coefficient (Wildman–Crippen LogP) is 1.96. The van der Waals surface area contributed by atoms with E-state index in [1.165, 1.54) is 6.92 Å². The van der Waals surface area contributed by atoms with Crippen molar-refractivity contribution in [1.29, 1.82) is 0 Å². The minimum Gasteiger partial charge on any atom is -0.326 e. The third-order valence-electron chi connectivity index (χ3n) is 3.01. The van der Waals surface area contributed by atoms with E-state index in [1.54, 1.807) is 24.3 Å². The maximum atomic E-state index is 11.9. The van der Waals surface area contributed by atoms with Gasteiger partial charge in [-0.25, -0.2) is 0 Å². The van der Waals surface area contributed by atoms with Gasteiger partial charge in [0, 0.05) is 18.3 Å². The van der Waals surface area contributed by atoms with Crippen LogP contribution < -0.4 is 16.4 Å². The molecule has 0 heterocycles. The smallest absolute Gasteiger partial charge is 0.241 e. The van der Waals surface area contributed by atoms with E-state index in [4.69, 9.17) is 5.73 Å². The first-order chi connectivity index (χ1) is 8.93. The predicted molar refractivity (Wildman–Crippen MR) is 76.8 cm³/mol. The molecule has 0 aliphatic heterocycles. The zero-order valence-corrected chi connectivity index (χ0v) is 11.6. The summed E-state index contributed by atoms with van der Waals surface area (Å²) in [6.07, 6.45) is 0.848. The van der Waals surface area contributed by atoms with Crippen molar-refractivity contribution in [3.8, 4) is 0 Å². The zero-order chi connectivity index (χ0) is 14.4. The minimum absolute atomic E-state index is 0.124. The summed E-state index contributed by atoms with van der Waals surface area (Å²) < 4.78 is 0. The first-order valence-corrected chi connectivity index (χ1v) is 6.38. The normalized spacial score (nSPS) is 13.5. The molecule has 0 bridgehead atoms. The van der Waals surface area contributed by atoms with Crippen LogP contribution in [0.3, 0.4) is 0 Å². The Morgan fingerprint density at radius 3 is 2.37 bits per heavy atom. The lowest BCUT2D eigenvalue weighted by molar-refractivity contribution is -0.118. The number of nitrogens with two attached hydrogens (primary N) is 1. The van der Waals surface area contributed by atoms with Crippen molar-refractivity contribution in [1.82, 2.24) is 0 Å². The van der Waals surface area contributed by atoms with Gasteiger partial charge in [-0.3, -0.25) is 9.59 Å². The average molecular weight is 263 g/mol. The van der Waals surface area contributed by atoms with Crippen LogP contribution in [0.15, 0.2) is 24.3 Å². The van der Waals surface area contributed by atoms with Crippen molar-refractivity contribution in [3.63, 3.8) is 0 Å². The Morgan fingerprint density at radius 2 is 1.84 bits per heavy atom. The Balaban J connectivity index is 2.71. The van der Waals surface area contributed by atoms with Crippen LogP contribution >= 0.6 is 0 Å². The molecule has 1 aromatic carbocycles. The summed E-state index contributed by atoms with van der Waals surface area (Å²) in [7, 11) is 0. The fourth-order valence-electron chi connectivity index (χ4n) is 1.62. The number of anilines is 2. The quantitative estimate of drug-likeness (QED) is 0.759. The van der Waals surface area contributed by atoms with Crippen molar-refractivity contribution in [3.05, 3.63) is 24.3 Å². The van der Waals surface area contributed by atoms with Crippen molar-refractivity contribution >= 4 is 23.2 Å². The van der Waals surface area contributed by atoms with E-state index in [-0.39, 0.29) is 17.7 Å². The van der Waals surface area contributed by atoms with Gasteiger partial charge < -0.3 is 16.4 Å². The van der Waals surface area contributed by atoms with Gasteiger partial charge in [0.05, 0.1) is 6.04 Å². The first-order valence-electron chi connectivity index (χ1n) is 6.38. The maximum absolute atomic E-state index is 11.9. The Labute approximate surface area is 113 Å². The molecule has 4 N–H and O–H groups in total. The Bertz CT molecular complexity index is 460. The molecule has 0 spiro atoms. The van der Waals surface area contributed by atoms with Gasteiger partial charge >= 0.3 is 0 Å². The SMILES string of the molecule is CCC(C)[C@H](N)C(=O)Nc1cccc(NC(C)=O)c1. The molecule has 104 valence electrons. The monoisotopic (exact) mass is 263 g/mol. The molecule has 0 aromatic heterocycles. The molecule has 2 atom stereocenters. The summed E-state index contributed by atoms with van der Waals surface area (Å²) in [6.45, 7) is 5.37. The molecule has 0 saturated heterocycles. The van der Waals surface area contributed by atoms with Crippen molar-refractivity contribution < 1.29 is 9.59 Å². The molecule has 1 unspecified atom stereocenters. The topological polar surface area (TPSA) is 84.2 Å². The summed E-state index contributed by atoms with van der Waals surface area (Å²) in [5.74, 6) is -0.243. The molecule has 19 heavy (non-hydrogen) atoms. The Kier molecular flexibility index (Phi) is 5.51. The molecule has 1 aromatic rings. The summed E-state index contributed by atoms with van der Waals surface area (Å²) >= 11 is 0. The van der Waals surface area contributed by atoms with E-state index in [1.807, 2.05) is 13.8 Å². The fraction of sp³-hybridized carbons (Fsp3) is 0.429. The third kappa shape index (κ3) is 4.71. The van der Waals surface area contributed by atoms with Gasteiger partial charge in [-0.2, -0.15) is 0 Å². The summed E-state index contributed by atoms with van der Waals surface area (Å²) in [5.41, 5.74) is 7.12. The van der Waals surface area contributed by atoms with E-state index in [2.05, 4.69) is 10.6 Å². The fourth-order valence-corrected chi connectivity index (χ4v) is 1.62. The molecule has 0 aliphatic rings. The molecule has 1 rings (SSSR count). The van der Waals surface area contributed by atoms with Crippen LogP contribution in [0.5, 0.6) is 0 Å². The second-order valence-electron chi connectivity index (χ2n) is 4.66. The van der Waals surface area contributed by atoms with Crippen molar-refractivity contribution in [2.75, 3.05) is 10.6 Å². The second kappa shape index (κ2) is 6.89. The highest BCUT2D eigenvalue weighted by molar-refractivity contribution is 5.96. The number of hydrogen-bond acceptors (Lipinski definition) is 3. The lowest BCUT2D eigenvalue weighted by atomic mass is 9.99. The van der Waals surface area contributed by atoms with E-state index in [9.17, 15) is 9.59 Å². The molecule has 0 fully saturated rings. The second-order valence-corrected chi connectivity index (χ2v) is 4.66. The summed E-state index contributed by atoms with van der Waals surface area (Å²) in [4.78, 5) is 22.9. The number of nitrogens with one attached hydrogen (secondary N) is 2. The summed E-state index contributed by atoms with van der Waals surface area (Å²) in [6, 6.07) is 6.44. The molecule has 0 radical (unpaired) electrons. The standard InChI is InChI=1S/C14H21N3O2/c1-4-9(2)13(15)14(19)17-12-7-5-6-11(8-12)16-10(3)18/h5-9,13H,4,15H2,1-3H3,(H,16,18)(H,17,19)/t9?,13-/m0/s1. The van der Waals surface area contributed by atoms with Gasteiger partial charge in [-0.05, 0) is 24.1 Å². The molecule has 5 nitrogen and oxygen atoms in total. The molecule has 0 saturated carbocycles. The lowest BCUT2D eigenvalue weighted by Crippen LogP contribution is -2.40. The summed E-state index contributed by atoms with van der Waals surface area (Å²) in [5, 5.41) is 5.42. The lowest BCUT2D eigenvalue weighted by Gasteiger charge is -2.18. The van der Waals surface area contributed by atoms with Crippen LogP contribution in [0.4, 0.5) is 11.4 Å². The Morgan fingerprint density at radius 1 is 1.26 bits per heavy atom. The van der Waals surface area contributed by atoms with Gasteiger partial charge in [0.2, 0.25) is 11.8 Å². The zero-order valence-electron chi connectivity index (χ0n) is 11.6. The van der Waals surface area contributed by atoms with Crippen molar-refractivity contribution in [2.24, 2.45) is 11.7 Å². The minimum atomic E-state index is -0.533. The van der Waals surface area contributed by atoms with Crippen LogP contribution in [0.2, 0.25) is 0 Å².